The van der Waals surface area contributed by atoms with Gasteiger partial charge in [-0.3, -0.25) is 4.57 Å². The smallest absolute Gasteiger partial charge is 0.224 e. The van der Waals surface area contributed by atoms with E-state index in [4.69, 9.17) is 21.9 Å². The number of aliphatic hydroxyl groups is 1. The van der Waals surface area contributed by atoms with Crippen molar-refractivity contribution in [1.82, 2.24) is 19.5 Å². The molecule has 2 aromatic heterocycles. The molecule has 0 aromatic carbocycles. The Kier molecular flexibility index (Phi) is 3.19. The SMILES string of the molecule is Nc1nc(N)c2ncn([C@@H]3C[C@H](O)[C@@](N)(CI)O3)c2n1. The quantitative estimate of drug-likeness (QED) is 0.390. The summed E-state index contributed by atoms with van der Waals surface area (Å²) in [6.07, 6.45) is 0.641. The van der Waals surface area contributed by atoms with Gasteiger partial charge in [-0.25, -0.2) is 4.98 Å². The lowest BCUT2D eigenvalue weighted by Crippen LogP contribution is -2.50. The molecule has 3 heterocycles. The molecular weight excluding hydrogens is 377 g/mol. The lowest BCUT2D eigenvalue weighted by atomic mass is 10.1. The van der Waals surface area contributed by atoms with Crippen LogP contribution in [0, 0.1) is 0 Å². The molecule has 1 aliphatic heterocycles. The maximum Gasteiger partial charge on any atom is 0.224 e. The van der Waals surface area contributed by atoms with E-state index in [-0.39, 0.29) is 11.8 Å². The molecule has 10 heteroatoms. The highest BCUT2D eigenvalue weighted by molar-refractivity contribution is 14.1. The number of rotatable bonds is 2. The van der Waals surface area contributed by atoms with Crippen LogP contribution in [0.1, 0.15) is 12.6 Å². The molecule has 0 unspecified atom stereocenters. The lowest BCUT2D eigenvalue weighted by Gasteiger charge is -2.24. The standard InChI is InChI=1S/C10H14IN7O2/c11-2-10(14)4(19)1-5(20-10)18-3-15-6-7(12)16-9(13)17-8(6)18/h3-5,19H,1-2,14H2,(H4,12,13,16,17)/t4-,5-,10+/m0/s1. The summed E-state index contributed by atoms with van der Waals surface area (Å²) in [6.45, 7) is 0. The number of nitrogens with zero attached hydrogens (tertiary/aromatic N) is 4. The van der Waals surface area contributed by atoms with Crippen molar-refractivity contribution in [2.24, 2.45) is 5.73 Å². The first-order chi connectivity index (χ1) is 9.44. The van der Waals surface area contributed by atoms with E-state index in [9.17, 15) is 5.11 Å². The van der Waals surface area contributed by atoms with Crippen LogP contribution in [0.4, 0.5) is 11.8 Å². The molecule has 3 rings (SSSR count). The maximum absolute atomic E-state index is 10.0. The second kappa shape index (κ2) is 4.65. The number of ether oxygens (including phenoxy) is 1. The summed E-state index contributed by atoms with van der Waals surface area (Å²) in [7, 11) is 0. The van der Waals surface area contributed by atoms with Crippen LogP contribution in [-0.4, -0.2) is 40.9 Å². The number of hydrogen-bond acceptors (Lipinski definition) is 8. The third-order valence-corrected chi connectivity index (χ3v) is 4.52. The molecule has 7 N–H and O–H groups in total. The number of anilines is 2. The average Bonchev–Trinajstić information content (AvgIpc) is 2.92. The molecular formula is C10H14IN7O2. The fourth-order valence-electron chi connectivity index (χ4n) is 2.23. The van der Waals surface area contributed by atoms with E-state index in [1.165, 1.54) is 6.33 Å². The zero-order valence-electron chi connectivity index (χ0n) is 10.4. The Morgan fingerprint density at radius 2 is 2.25 bits per heavy atom. The molecule has 2 aromatic rings. The van der Waals surface area contributed by atoms with Crippen LogP contribution in [0.5, 0.6) is 0 Å². The van der Waals surface area contributed by atoms with E-state index in [1.807, 2.05) is 0 Å². The summed E-state index contributed by atoms with van der Waals surface area (Å²) >= 11 is 2.08. The highest BCUT2D eigenvalue weighted by atomic mass is 127. The molecule has 0 amide bonds. The van der Waals surface area contributed by atoms with Crippen molar-refractivity contribution in [3.05, 3.63) is 6.33 Å². The van der Waals surface area contributed by atoms with E-state index in [0.717, 1.165) is 0 Å². The normalized spacial score (nSPS) is 30.1. The Morgan fingerprint density at radius 1 is 1.50 bits per heavy atom. The van der Waals surface area contributed by atoms with Crippen LogP contribution in [0.15, 0.2) is 6.33 Å². The third-order valence-electron chi connectivity index (χ3n) is 3.33. The van der Waals surface area contributed by atoms with Crippen LogP contribution in [0.3, 0.4) is 0 Å². The third kappa shape index (κ3) is 1.99. The van der Waals surface area contributed by atoms with Gasteiger partial charge in [0.1, 0.15) is 17.8 Å². The van der Waals surface area contributed by atoms with Gasteiger partial charge >= 0.3 is 0 Å². The number of aliphatic hydroxyl groups excluding tert-OH is 1. The zero-order chi connectivity index (χ0) is 14.5. The van der Waals surface area contributed by atoms with Gasteiger partial charge in [-0.2, -0.15) is 9.97 Å². The summed E-state index contributed by atoms with van der Waals surface area (Å²) in [5.74, 6) is 0.265. The average molecular weight is 391 g/mol. The summed E-state index contributed by atoms with van der Waals surface area (Å²) in [4.78, 5) is 12.1. The van der Waals surface area contributed by atoms with Crippen LogP contribution in [-0.2, 0) is 4.74 Å². The Balaban J connectivity index is 2.04. The number of imidazole rings is 1. The topological polar surface area (TPSA) is 151 Å². The second-order valence-electron chi connectivity index (χ2n) is 4.70. The summed E-state index contributed by atoms with van der Waals surface area (Å²) in [5.41, 5.74) is 17.2. The fraction of sp³-hybridized carbons (Fsp3) is 0.500. The number of hydrogen-bond donors (Lipinski definition) is 4. The Hall–Kier alpha value is -1.24. The molecule has 1 saturated heterocycles. The monoisotopic (exact) mass is 391 g/mol. The number of halogens is 1. The molecule has 0 radical (unpaired) electrons. The number of alkyl halides is 1. The van der Waals surface area contributed by atoms with Crippen LogP contribution >= 0.6 is 22.6 Å². The van der Waals surface area contributed by atoms with E-state index in [2.05, 4.69) is 37.5 Å². The van der Waals surface area contributed by atoms with E-state index in [0.29, 0.717) is 22.0 Å². The van der Waals surface area contributed by atoms with Gasteiger partial charge in [0.2, 0.25) is 5.95 Å². The number of fused-ring (bicyclic) bond motifs is 1. The molecule has 20 heavy (non-hydrogen) atoms. The van der Waals surface area contributed by atoms with Crippen LogP contribution in [0.2, 0.25) is 0 Å². The highest BCUT2D eigenvalue weighted by Gasteiger charge is 2.45. The van der Waals surface area contributed by atoms with Crippen LogP contribution < -0.4 is 17.2 Å². The van der Waals surface area contributed by atoms with Gasteiger partial charge in [0, 0.05) is 10.8 Å². The van der Waals surface area contributed by atoms with Crippen LogP contribution in [0.25, 0.3) is 11.2 Å². The minimum atomic E-state index is -1.08. The molecule has 0 saturated carbocycles. The molecule has 0 spiro atoms. The summed E-state index contributed by atoms with van der Waals surface area (Å²) in [6, 6.07) is 0. The van der Waals surface area contributed by atoms with Crippen molar-refractivity contribution < 1.29 is 9.84 Å². The number of aromatic nitrogens is 4. The minimum Gasteiger partial charge on any atom is -0.388 e. The second-order valence-corrected chi connectivity index (χ2v) is 5.47. The van der Waals surface area contributed by atoms with Crippen molar-refractivity contribution in [1.29, 1.82) is 0 Å². The maximum atomic E-state index is 10.0. The largest absolute Gasteiger partial charge is 0.388 e. The minimum absolute atomic E-state index is 0.0585. The molecule has 3 atom stereocenters. The van der Waals surface area contributed by atoms with Crippen molar-refractivity contribution in [2.45, 2.75) is 24.5 Å². The van der Waals surface area contributed by atoms with Gasteiger partial charge in [-0.05, 0) is 0 Å². The first-order valence-corrected chi connectivity index (χ1v) is 7.43. The number of nitrogen functional groups attached to an aromatic ring is 2. The van der Waals surface area contributed by atoms with E-state index < -0.39 is 18.1 Å². The summed E-state index contributed by atoms with van der Waals surface area (Å²) < 4.78 is 7.87. The van der Waals surface area contributed by atoms with Crippen molar-refractivity contribution in [2.75, 3.05) is 15.9 Å². The molecule has 0 bridgehead atoms. The fourth-order valence-corrected chi connectivity index (χ4v) is 2.92. The highest BCUT2D eigenvalue weighted by Crippen LogP contribution is 2.36. The predicted octanol–water partition coefficient (Wildman–Crippen LogP) is -0.640. The Bertz CT molecular complexity index is 662. The summed E-state index contributed by atoms with van der Waals surface area (Å²) in [5, 5.41) is 10.0. The van der Waals surface area contributed by atoms with Crippen molar-refractivity contribution >= 4 is 45.5 Å². The Morgan fingerprint density at radius 3 is 2.90 bits per heavy atom. The van der Waals surface area contributed by atoms with Crippen molar-refractivity contribution in [3.8, 4) is 0 Å². The molecule has 1 aliphatic rings. The molecule has 0 aliphatic carbocycles. The molecule has 1 fully saturated rings. The first-order valence-electron chi connectivity index (χ1n) is 5.91. The lowest BCUT2D eigenvalue weighted by molar-refractivity contribution is -0.0800. The van der Waals surface area contributed by atoms with E-state index in [1.54, 1.807) is 4.57 Å². The van der Waals surface area contributed by atoms with Gasteiger partial charge in [0.25, 0.3) is 0 Å². The van der Waals surface area contributed by atoms with Crippen molar-refractivity contribution in [3.63, 3.8) is 0 Å². The predicted molar refractivity (Wildman–Crippen MR) is 80.7 cm³/mol. The first kappa shape index (κ1) is 13.7. The zero-order valence-corrected chi connectivity index (χ0v) is 12.6. The molecule has 9 nitrogen and oxygen atoms in total. The van der Waals surface area contributed by atoms with Gasteiger partial charge in [-0.15, -0.1) is 0 Å². The van der Waals surface area contributed by atoms with Gasteiger partial charge < -0.3 is 27.0 Å². The van der Waals surface area contributed by atoms with Gasteiger partial charge in [0.05, 0.1) is 6.33 Å². The molecule has 108 valence electrons. The van der Waals surface area contributed by atoms with Gasteiger partial charge in [-0.1, -0.05) is 22.6 Å². The number of nitrogens with two attached hydrogens (primary N) is 3. The Labute approximate surface area is 127 Å². The van der Waals surface area contributed by atoms with Gasteiger partial charge in [0.15, 0.2) is 17.2 Å². The van der Waals surface area contributed by atoms with E-state index >= 15 is 0 Å².